The molecule has 11 nitrogen and oxygen atoms in total. The second kappa shape index (κ2) is 11.7. The Labute approximate surface area is 253 Å². The van der Waals surface area contributed by atoms with Gasteiger partial charge < -0.3 is 19.3 Å². The Kier molecular flexibility index (Phi) is 8.26. The van der Waals surface area contributed by atoms with E-state index >= 15 is 0 Å². The fourth-order valence-corrected chi connectivity index (χ4v) is 6.83. The Hall–Kier alpha value is -3.94. The highest BCUT2D eigenvalue weighted by molar-refractivity contribution is 9.10. The standard InChI is InChI=1S/C29H27BrN2O9S/c1-5-39-18-13-15(12-17(30)22(18)33)21-20-23(41-32(21)16-10-8-7-9-11-16)26(35)31(25(20)34)27-19(28(36)38-4)14(3)24(42-27)29(37)40-6-2/h7-13,20-21,23,33H,5-6H2,1-4H3/t20-,21-,23-/m0/s1. The second-order valence-corrected chi connectivity index (χ2v) is 11.3. The zero-order valence-corrected chi connectivity index (χ0v) is 25.5. The normalized spacial score (nSPS) is 19.7. The van der Waals surface area contributed by atoms with Gasteiger partial charge in [-0.25, -0.2) is 19.6 Å². The van der Waals surface area contributed by atoms with Crippen molar-refractivity contribution in [2.45, 2.75) is 32.9 Å². The smallest absolute Gasteiger partial charge is 0.348 e. The molecular formula is C29H27BrN2O9S. The number of para-hydroxylation sites is 1. The minimum atomic E-state index is -1.25. The van der Waals surface area contributed by atoms with Crippen LogP contribution in [0.5, 0.6) is 11.5 Å². The molecule has 13 heteroatoms. The van der Waals surface area contributed by atoms with Crippen LogP contribution in [0.15, 0.2) is 46.9 Å². The number of halogens is 1. The molecule has 2 fully saturated rings. The van der Waals surface area contributed by atoms with Crippen molar-refractivity contribution < 1.29 is 43.3 Å². The zero-order chi connectivity index (χ0) is 30.3. The molecule has 1 N–H and O–H groups in total. The fraction of sp³-hybridized carbons (Fsp3) is 0.310. The minimum absolute atomic E-state index is 0.0395. The summed E-state index contributed by atoms with van der Waals surface area (Å²) in [4.78, 5) is 60.9. The molecule has 1 aromatic heterocycles. The first kappa shape index (κ1) is 29.5. The topological polar surface area (TPSA) is 132 Å². The van der Waals surface area contributed by atoms with E-state index in [1.165, 1.54) is 19.1 Å². The van der Waals surface area contributed by atoms with Crippen LogP contribution in [0, 0.1) is 12.8 Å². The van der Waals surface area contributed by atoms with Gasteiger partial charge in [-0.1, -0.05) is 18.2 Å². The van der Waals surface area contributed by atoms with Crippen molar-refractivity contribution in [1.82, 2.24) is 0 Å². The molecule has 42 heavy (non-hydrogen) atoms. The van der Waals surface area contributed by atoms with E-state index < -0.39 is 41.8 Å². The Morgan fingerprint density at radius 3 is 2.43 bits per heavy atom. The van der Waals surface area contributed by atoms with Gasteiger partial charge in [0, 0.05) is 0 Å². The van der Waals surface area contributed by atoms with Gasteiger partial charge in [-0.3, -0.25) is 14.4 Å². The molecule has 220 valence electrons. The van der Waals surface area contributed by atoms with E-state index in [4.69, 9.17) is 19.0 Å². The SMILES string of the molecule is CCOC(=O)c1sc(N2C(=O)[C@@H]3[C@H](ON(c4ccccc4)[C@H]3c3cc(Br)c(O)c(OCC)c3)C2=O)c(C(=O)OC)c1C. The van der Waals surface area contributed by atoms with Crippen molar-refractivity contribution >= 4 is 61.7 Å². The van der Waals surface area contributed by atoms with E-state index in [9.17, 15) is 24.3 Å². The average molecular weight is 660 g/mol. The molecule has 0 bridgehead atoms. The lowest BCUT2D eigenvalue weighted by Crippen LogP contribution is -2.37. The van der Waals surface area contributed by atoms with Gasteiger partial charge in [0.25, 0.3) is 5.91 Å². The van der Waals surface area contributed by atoms with Crippen LogP contribution >= 0.6 is 27.3 Å². The fourth-order valence-electron chi connectivity index (χ4n) is 5.17. The molecule has 2 aliphatic rings. The number of anilines is 2. The van der Waals surface area contributed by atoms with Crippen LogP contribution in [0.1, 0.15) is 51.0 Å². The lowest BCUT2D eigenvalue weighted by molar-refractivity contribution is -0.126. The number of hydrogen-bond acceptors (Lipinski definition) is 11. The number of phenolic OH excluding ortho intramolecular Hbond substituents is 1. The molecule has 3 aromatic rings. The quantitative estimate of drug-likeness (QED) is 0.262. The minimum Gasteiger partial charge on any atom is -0.503 e. The van der Waals surface area contributed by atoms with E-state index in [0.29, 0.717) is 15.7 Å². The highest BCUT2D eigenvalue weighted by Crippen LogP contribution is 2.51. The summed E-state index contributed by atoms with van der Waals surface area (Å²) in [6, 6.07) is 11.4. The number of ether oxygens (including phenoxy) is 3. The van der Waals surface area contributed by atoms with Crippen LogP contribution in [-0.2, 0) is 23.9 Å². The number of carbonyl (C=O) groups is 4. The molecule has 0 unspecified atom stereocenters. The Bertz CT molecular complexity index is 1570. The number of methoxy groups -OCH3 is 1. The van der Waals surface area contributed by atoms with Crippen molar-refractivity contribution in [2.24, 2.45) is 5.92 Å². The summed E-state index contributed by atoms with van der Waals surface area (Å²) in [5.74, 6) is -3.79. The molecule has 2 amide bonds. The van der Waals surface area contributed by atoms with E-state index in [1.54, 1.807) is 50.2 Å². The van der Waals surface area contributed by atoms with Crippen LogP contribution < -0.4 is 14.7 Å². The molecule has 2 aromatic carbocycles. The summed E-state index contributed by atoms with van der Waals surface area (Å²) in [7, 11) is 1.17. The van der Waals surface area contributed by atoms with Crippen molar-refractivity contribution in [2.75, 3.05) is 30.3 Å². The number of esters is 2. The third-order valence-electron chi connectivity index (χ3n) is 7.00. The Balaban J connectivity index is 1.65. The number of amides is 2. The molecule has 2 aliphatic heterocycles. The monoisotopic (exact) mass is 658 g/mol. The maximum absolute atomic E-state index is 14.2. The van der Waals surface area contributed by atoms with Gasteiger partial charge in [0.05, 0.1) is 42.1 Å². The maximum atomic E-state index is 14.2. The largest absolute Gasteiger partial charge is 0.503 e. The predicted molar refractivity (Wildman–Crippen MR) is 156 cm³/mol. The van der Waals surface area contributed by atoms with Crippen LogP contribution in [-0.4, -0.2) is 55.3 Å². The van der Waals surface area contributed by atoms with Crippen LogP contribution in [0.3, 0.4) is 0 Å². The lowest BCUT2D eigenvalue weighted by atomic mass is 9.90. The molecule has 5 rings (SSSR count). The van der Waals surface area contributed by atoms with E-state index in [0.717, 1.165) is 16.2 Å². The van der Waals surface area contributed by atoms with Gasteiger partial charge in [0.2, 0.25) is 5.91 Å². The Morgan fingerprint density at radius 1 is 1.07 bits per heavy atom. The molecule has 3 heterocycles. The van der Waals surface area contributed by atoms with Crippen molar-refractivity contribution in [3.8, 4) is 11.5 Å². The number of thiophene rings is 1. The molecule has 2 saturated heterocycles. The lowest BCUT2D eigenvalue weighted by Gasteiger charge is -2.29. The Morgan fingerprint density at radius 2 is 1.79 bits per heavy atom. The van der Waals surface area contributed by atoms with Crippen molar-refractivity contribution in [1.29, 1.82) is 0 Å². The number of aromatic hydroxyl groups is 1. The van der Waals surface area contributed by atoms with E-state index in [-0.39, 0.29) is 45.7 Å². The van der Waals surface area contributed by atoms with Gasteiger partial charge in [-0.15, -0.1) is 11.3 Å². The van der Waals surface area contributed by atoms with Gasteiger partial charge in [-0.05, 0) is 72.1 Å². The second-order valence-electron chi connectivity index (χ2n) is 9.40. The van der Waals surface area contributed by atoms with Crippen LogP contribution in [0.2, 0.25) is 0 Å². The summed E-state index contributed by atoms with van der Waals surface area (Å²) in [5, 5.41) is 12.0. The number of carbonyl (C=O) groups excluding carboxylic acids is 4. The summed E-state index contributed by atoms with van der Waals surface area (Å²) in [5.41, 5.74) is 1.29. The number of phenols is 1. The van der Waals surface area contributed by atoms with Crippen LogP contribution in [0.4, 0.5) is 10.7 Å². The average Bonchev–Trinajstić information content (AvgIpc) is 3.61. The summed E-state index contributed by atoms with van der Waals surface area (Å²) in [6.45, 7) is 5.33. The summed E-state index contributed by atoms with van der Waals surface area (Å²) >= 11 is 4.17. The van der Waals surface area contributed by atoms with Crippen molar-refractivity contribution in [3.05, 3.63) is 68.5 Å². The third kappa shape index (κ3) is 4.80. The first-order valence-corrected chi connectivity index (χ1v) is 14.7. The number of rotatable bonds is 8. The summed E-state index contributed by atoms with van der Waals surface area (Å²) in [6.07, 6.45) is -1.25. The van der Waals surface area contributed by atoms with Gasteiger partial charge in [0.15, 0.2) is 17.6 Å². The number of imide groups is 1. The predicted octanol–water partition coefficient (Wildman–Crippen LogP) is 4.94. The molecule has 0 aliphatic carbocycles. The number of nitrogens with zero attached hydrogens (tertiary/aromatic N) is 2. The molecular weight excluding hydrogens is 632 g/mol. The molecule has 3 atom stereocenters. The number of hydroxylamine groups is 1. The first-order chi connectivity index (χ1) is 20.1. The molecule has 0 radical (unpaired) electrons. The highest BCUT2D eigenvalue weighted by atomic mass is 79.9. The first-order valence-electron chi connectivity index (χ1n) is 13.1. The summed E-state index contributed by atoms with van der Waals surface area (Å²) < 4.78 is 16.0. The maximum Gasteiger partial charge on any atom is 0.348 e. The molecule has 0 saturated carbocycles. The third-order valence-corrected chi connectivity index (χ3v) is 8.86. The van der Waals surface area contributed by atoms with Gasteiger partial charge in [-0.2, -0.15) is 0 Å². The van der Waals surface area contributed by atoms with Crippen LogP contribution in [0.25, 0.3) is 0 Å². The van der Waals surface area contributed by atoms with E-state index in [1.807, 2.05) is 6.07 Å². The van der Waals surface area contributed by atoms with Crippen molar-refractivity contribution in [3.63, 3.8) is 0 Å². The zero-order valence-electron chi connectivity index (χ0n) is 23.1. The number of fused-ring (bicyclic) bond motifs is 1. The van der Waals surface area contributed by atoms with Gasteiger partial charge in [0.1, 0.15) is 15.8 Å². The number of benzene rings is 2. The molecule has 0 spiro atoms. The van der Waals surface area contributed by atoms with Gasteiger partial charge >= 0.3 is 11.9 Å². The highest BCUT2D eigenvalue weighted by Gasteiger charge is 2.61. The number of hydrogen-bond donors (Lipinski definition) is 1. The van der Waals surface area contributed by atoms with E-state index in [2.05, 4.69) is 15.9 Å².